The first-order valence-electron chi connectivity index (χ1n) is 8.97. The van der Waals surface area contributed by atoms with Crippen LogP contribution >= 0.6 is 11.3 Å². The molecule has 2 fully saturated rings. The summed E-state index contributed by atoms with van der Waals surface area (Å²) in [5.74, 6) is 0.0455. The van der Waals surface area contributed by atoms with Crippen LogP contribution in [0, 0.1) is 0 Å². The molecular formula is C18H23N5O2S. The van der Waals surface area contributed by atoms with Gasteiger partial charge in [0.05, 0.1) is 0 Å². The second-order valence-electron chi connectivity index (χ2n) is 7.09. The summed E-state index contributed by atoms with van der Waals surface area (Å²) < 4.78 is 1.83. The molecule has 0 aromatic carbocycles. The quantitative estimate of drug-likeness (QED) is 0.838. The molecular weight excluding hydrogens is 350 g/mol. The third-order valence-electron chi connectivity index (χ3n) is 5.19. The molecule has 2 amide bonds. The summed E-state index contributed by atoms with van der Waals surface area (Å²) in [5, 5.41) is 9.13. The van der Waals surface area contributed by atoms with Crippen LogP contribution in [0.4, 0.5) is 5.13 Å². The summed E-state index contributed by atoms with van der Waals surface area (Å²) in [7, 11) is 1.87. The van der Waals surface area contributed by atoms with Gasteiger partial charge in [-0.25, -0.2) is 4.98 Å². The smallest absolute Gasteiger partial charge is 0.270 e. The second-order valence-corrected chi connectivity index (χ2v) is 7.98. The van der Waals surface area contributed by atoms with E-state index >= 15 is 0 Å². The SMILES string of the molecule is Cn1cccc1C(=O)N1CCC(Nc2nccs2)(C(=O)NC2CC2)CC1. The Kier molecular flexibility index (Phi) is 4.44. The van der Waals surface area contributed by atoms with Crippen molar-refractivity contribution in [1.82, 2.24) is 19.8 Å². The fraction of sp³-hybridized carbons (Fsp3) is 0.500. The highest BCUT2D eigenvalue weighted by Gasteiger charge is 2.44. The third-order valence-corrected chi connectivity index (χ3v) is 5.88. The summed E-state index contributed by atoms with van der Waals surface area (Å²) in [4.78, 5) is 31.8. The number of nitrogens with zero attached hydrogens (tertiary/aromatic N) is 3. The average molecular weight is 373 g/mol. The summed E-state index contributed by atoms with van der Waals surface area (Å²) in [6.45, 7) is 1.08. The van der Waals surface area contributed by atoms with E-state index in [-0.39, 0.29) is 11.8 Å². The molecule has 0 radical (unpaired) electrons. The fourth-order valence-electron chi connectivity index (χ4n) is 3.39. The number of nitrogens with one attached hydrogen (secondary N) is 2. The lowest BCUT2D eigenvalue weighted by atomic mass is 9.86. The fourth-order valence-corrected chi connectivity index (χ4v) is 4.01. The number of carbonyl (C=O) groups excluding carboxylic acids is 2. The molecule has 0 spiro atoms. The molecule has 7 nitrogen and oxygen atoms in total. The molecule has 4 rings (SSSR count). The van der Waals surface area contributed by atoms with E-state index in [2.05, 4.69) is 15.6 Å². The van der Waals surface area contributed by atoms with Crippen LogP contribution in [0.15, 0.2) is 29.9 Å². The lowest BCUT2D eigenvalue weighted by molar-refractivity contribution is -0.127. The zero-order valence-electron chi connectivity index (χ0n) is 14.8. The highest BCUT2D eigenvalue weighted by atomic mass is 32.1. The van der Waals surface area contributed by atoms with Gasteiger partial charge in [-0.2, -0.15) is 0 Å². The van der Waals surface area contributed by atoms with Crippen molar-refractivity contribution in [3.8, 4) is 0 Å². The van der Waals surface area contributed by atoms with Crippen molar-refractivity contribution in [2.24, 2.45) is 7.05 Å². The lowest BCUT2D eigenvalue weighted by Gasteiger charge is -2.41. The highest BCUT2D eigenvalue weighted by Crippen LogP contribution is 2.31. The van der Waals surface area contributed by atoms with Crippen LogP contribution < -0.4 is 10.6 Å². The second kappa shape index (κ2) is 6.75. The lowest BCUT2D eigenvalue weighted by Crippen LogP contribution is -2.59. The van der Waals surface area contributed by atoms with Gasteiger partial charge in [0, 0.05) is 44.0 Å². The van der Waals surface area contributed by atoms with Crippen molar-refractivity contribution < 1.29 is 9.59 Å². The Labute approximate surface area is 156 Å². The van der Waals surface area contributed by atoms with Gasteiger partial charge in [-0.1, -0.05) is 0 Å². The summed E-state index contributed by atoms with van der Waals surface area (Å²) >= 11 is 1.49. The third kappa shape index (κ3) is 3.33. The summed E-state index contributed by atoms with van der Waals surface area (Å²) in [5.41, 5.74) is -0.0290. The number of thiazole rings is 1. The molecule has 26 heavy (non-hydrogen) atoms. The number of rotatable bonds is 5. The van der Waals surface area contributed by atoms with Gasteiger partial charge in [0.25, 0.3) is 5.91 Å². The number of hydrogen-bond donors (Lipinski definition) is 2. The number of aryl methyl sites for hydroxylation is 1. The zero-order chi connectivity index (χ0) is 18.1. The molecule has 8 heteroatoms. The summed E-state index contributed by atoms with van der Waals surface area (Å²) in [6, 6.07) is 4.01. The number of likely N-dealkylation sites (tertiary alicyclic amines) is 1. The maximum Gasteiger partial charge on any atom is 0.270 e. The van der Waals surface area contributed by atoms with Crippen molar-refractivity contribution in [2.75, 3.05) is 18.4 Å². The molecule has 1 saturated heterocycles. The van der Waals surface area contributed by atoms with Gasteiger partial charge in [0.15, 0.2) is 5.13 Å². The molecule has 2 N–H and O–H groups in total. The standard InChI is InChI=1S/C18H23N5O2S/c1-22-9-2-3-14(22)15(24)23-10-6-18(7-11-23,16(25)20-13-4-5-13)21-17-19-8-12-26-17/h2-3,8-9,12-13H,4-7,10-11H2,1H3,(H,19,21)(H,20,25). The van der Waals surface area contributed by atoms with Crippen LogP contribution in [0.3, 0.4) is 0 Å². The number of aromatic nitrogens is 2. The van der Waals surface area contributed by atoms with Gasteiger partial charge in [-0.15, -0.1) is 11.3 Å². The van der Waals surface area contributed by atoms with Gasteiger partial charge in [-0.05, 0) is 37.8 Å². The van der Waals surface area contributed by atoms with E-state index in [1.165, 1.54) is 11.3 Å². The van der Waals surface area contributed by atoms with Crippen molar-refractivity contribution in [2.45, 2.75) is 37.3 Å². The van der Waals surface area contributed by atoms with E-state index in [1.807, 2.05) is 40.2 Å². The number of amides is 2. The van der Waals surface area contributed by atoms with Gasteiger partial charge in [0.1, 0.15) is 11.2 Å². The van der Waals surface area contributed by atoms with Crippen LogP contribution in [-0.4, -0.2) is 50.9 Å². The molecule has 1 saturated carbocycles. The average Bonchev–Trinajstić information content (AvgIpc) is 3.12. The molecule has 138 valence electrons. The van der Waals surface area contributed by atoms with E-state index in [4.69, 9.17) is 0 Å². The molecule has 2 aromatic heterocycles. The Bertz CT molecular complexity index is 788. The van der Waals surface area contributed by atoms with Gasteiger partial charge < -0.3 is 20.1 Å². The van der Waals surface area contributed by atoms with Crippen LogP contribution in [0.2, 0.25) is 0 Å². The largest absolute Gasteiger partial charge is 0.351 e. The number of piperidine rings is 1. The van der Waals surface area contributed by atoms with Crippen LogP contribution in [0.25, 0.3) is 0 Å². The zero-order valence-corrected chi connectivity index (χ0v) is 15.6. The van der Waals surface area contributed by atoms with E-state index in [0.717, 1.165) is 18.0 Å². The molecule has 1 aliphatic carbocycles. The van der Waals surface area contributed by atoms with Crippen LogP contribution in [-0.2, 0) is 11.8 Å². The Hall–Kier alpha value is -2.35. The molecule has 2 aliphatic rings. The van der Waals surface area contributed by atoms with Gasteiger partial charge >= 0.3 is 0 Å². The minimum absolute atomic E-state index is 0.0166. The normalized spacial score (nSPS) is 19.2. The van der Waals surface area contributed by atoms with Gasteiger partial charge in [-0.3, -0.25) is 9.59 Å². The monoisotopic (exact) mass is 373 g/mol. The molecule has 2 aromatic rings. The Morgan fingerprint density at radius 1 is 1.31 bits per heavy atom. The molecule has 1 aliphatic heterocycles. The van der Waals surface area contributed by atoms with E-state index in [1.54, 1.807) is 6.20 Å². The number of hydrogen-bond acceptors (Lipinski definition) is 5. The summed E-state index contributed by atoms with van der Waals surface area (Å²) in [6.07, 6.45) is 6.85. The van der Waals surface area contributed by atoms with Gasteiger partial charge in [0.2, 0.25) is 5.91 Å². The maximum absolute atomic E-state index is 13.0. The molecule has 0 atom stereocenters. The van der Waals surface area contributed by atoms with E-state index < -0.39 is 5.54 Å². The van der Waals surface area contributed by atoms with Crippen LogP contribution in [0.1, 0.15) is 36.2 Å². The predicted molar refractivity (Wildman–Crippen MR) is 100 cm³/mol. The number of anilines is 1. The van der Waals surface area contributed by atoms with Crippen molar-refractivity contribution in [1.29, 1.82) is 0 Å². The first-order chi connectivity index (χ1) is 12.6. The minimum atomic E-state index is -0.703. The van der Waals surface area contributed by atoms with E-state index in [0.29, 0.717) is 37.7 Å². The van der Waals surface area contributed by atoms with E-state index in [9.17, 15) is 9.59 Å². The maximum atomic E-state index is 13.0. The Morgan fingerprint density at radius 3 is 2.65 bits per heavy atom. The van der Waals surface area contributed by atoms with Crippen molar-refractivity contribution >= 4 is 28.3 Å². The number of carbonyl (C=O) groups is 2. The van der Waals surface area contributed by atoms with Crippen molar-refractivity contribution in [3.63, 3.8) is 0 Å². The Balaban J connectivity index is 1.48. The molecule has 3 heterocycles. The first-order valence-corrected chi connectivity index (χ1v) is 9.85. The minimum Gasteiger partial charge on any atom is -0.351 e. The predicted octanol–water partition coefficient (Wildman–Crippen LogP) is 1.85. The Morgan fingerprint density at radius 2 is 2.08 bits per heavy atom. The molecule has 0 unspecified atom stereocenters. The molecule has 0 bridgehead atoms. The highest BCUT2D eigenvalue weighted by molar-refractivity contribution is 7.13. The van der Waals surface area contributed by atoms with Crippen LogP contribution in [0.5, 0.6) is 0 Å². The first kappa shape index (κ1) is 17.1. The van der Waals surface area contributed by atoms with Crippen molar-refractivity contribution in [3.05, 3.63) is 35.6 Å². The topological polar surface area (TPSA) is 79.3 Å².